The molecule has 0 aliphatic carbocycles. The second kappa shape index (κ2) is 9.81. The van der Waals surface area contributed by atoms with E-state index in [2.05, 4.69) is 12.5 Å². The molecule has 1 aliphatic rings. The molecule has 4 atom stereocenters. The average Bonchev–Trinajstić information content (AvgIpc) is 2.61. The molecule has 1 saturated heterocycles. The first-order valence-corrected chi connectivity index (χ1v) is 12.0. The zero-order valence-electron chi connectivity index (χ0n) is 15.1. The molecule has 0 unspecified atom stereocenters. The van der Waals surface area contributed by atoms with Gasteiger partial charge in [-0.3, -0.25) is 13.7 Å². The van der Waals surface area contributed by atoms with Gasteiger partial charge in [-0.15, -0.1) is 0 Å². The maximum atomic E-state index is 12.4. The summed E-state index contributed by atoms with van der Waals surface area (Å²) < 4.78 is 116. The SMILES string of the molecule is O=C(O[C@H]1[C@H](OS(=O)(=O)O)[C@@H](COS(=O)(=O)O)OC[C@@H]1OS(=O)(=O)O)c1ccccc1. The van der Waals surface area contributed by atoms with E-state index < -0.39 is 74.8 Å². The van der Waals surface area contributed by atoms with E-state index in [-0.39, 0.29) is 5.56 Å². The van der Waals surface area contributed by atoms with Gasteiger partial charge < -0.3 is 9.47 Å². The highest BCUT2D eigenvalue weighted by Crippen LogP contribution is 2.27. The van der Waals surface area contributed by atoms with Crippen molar-refractivity contribution in [3.8, 4) is 0 Å². The van der Waals surface area contributed by atoms with E-state index in [0.29, 0.717) is 0 Å². The van der Waals surface area contributed by atoms with Crippen molar-refractivity contribution < 1.29 is 65.7 Å². The zero-order chi connectivity index (χ0) is 23.4. The minimum atomic E-state index is -5.32. The van der Waals surface area contributed by atoms with Crippen molar-refractivity contribution in [3.05, 3.63) is 35.9 Å². The minimum Gasteiger partial charge on any atom is -0.453 e. The Balaban J connectivity index is 2.41. The quantitative estimate of drug-likeness (QED) is 0.263. The van der Waals surface area contributed by atoms with Crippen molar-refractivity contribution in [1.29, 1.82) is 0 Å². The first kappa shape index (κ1) is 25.5. The maximum Gasteiger partial charge on any atom is 0.397 e. The Morgan fingerprint density at radius 3 is 2.00 bits per heavy atom. The molecule has 1 fully saturated rings. The van der Waals surface area contributed by atoms with Crippen LogP contribution in [0, 0.1) is 0 Å². The Hall–Kier alpha value is -1.74. The van der Waals surface area contributed by atoms with Crippen LogP contribution in [0.25, 0.3) is 0 Å². The molecule has 3 N–H and O–H groups in total. The van der Waals surface area contributed by atoms with Gasteiger partial charge in [0.2, 0.25) is 0 Å². The lowest BCUT2D eigenvalue weighted by molar-refractivity contribution is -0.180. The van der Waals surface area contributed by atoms with Crippen molar-refractivity contribution in [3.63, 3.8) is 0 Å². The van der Waals surface area contributed by atoms with Crippen LogP contribution in [-0.2, 0) is 53.2 Å². The summed E-state index contributed by atoms with van der Waals surface area (Å²) in [5.41, 5.74) is -0.0732. The van der Waals surface area contributed by atoms with Gasteiger partial charge in [0.25, 0.3) is 0 Å². The van der Waals surface area contributed by atoms with E-state index in [1.165, 1.54) is 24.3 Å². The largest absolute Gasteiger partial charge is 0.453 e. The first-order valence-electron chi connectivity index (χ1n) is 7.95. The summed E-state index contributed by atoms with van der Waals surface area (Å²) in [5.74, 6) is -1.13. The highest BCUT2D eigenvalue weighted by atomic mass is 32.3. The van der Waals surface area contributed by atoms with E-state index in [1.807, 2.05) is 0 Å². The summed E-state index contributed by atoms with van der Waals surface area (Å²) in [6, 6.07) is 7.03. The number of ether oxygens (including phenoxy) is 2. The van der Waals surface area contributed by atoms with Crippen LogP contribution in [0.15, 0.2) is 30.3 Å². The summed E-state index contributed by atoms with van der Waals surface area (Å²) in [5, 5.41) is 0. The molecule has 1 aromatic carbocycles. The Morgan fingerprint density at radius 2 is 1.48 bits per heavy atom. The maximum absolute atomic E-state index is 12.4. The Morgan fingerprint density at radius 1 is 0.903 bits per heavy atom. The molecule has 1 heterocycles. The second-order valence-corrected chi connectivity index (χ2v) is 9.06. The molecule has 0 saturated carbocycles. The van der Waals surface area contributed by atoms with Crippen molar-refractivity contribution in [2.75, 3.05) is 13.2 Å². The van der Waals surface area contributed by atoms with Gasteiger partial charge in [-0.05, 0) is 12.1 Å². The van der Waals surface area contributed by atoms with Crippen molar-refractivity contribution in [2.24, 2.45) is 0 Å². The number of carbonyl (C=O) groups is 1. The average molecular weight is 508 g/mol. The third kappa shape index (κ3) is 8.73. The third-order valence-corrected chi connectivity index (χ3v) is 5.03. The lowest BCUT2D eigenvalue weighted by Gasteiger charge is -2.39. The van der Waals surface area contributed by atoms with Gasteiger partial charge in [-0.25, -0.2) is 17.3 Å². The predicted octanol–water partition coefficient (Wildman–Crippen LogP) is -1.19. The number of hydrogen-bond donors (Lipinski definition) is 3. The van der Waals surface area contributed by atoms with Crippen LogP contribution in [0.5, 0.6) is 0 Å². The van der Waals surface area contributed by atoms with Gasteiger partial charge in [-0.2, -0.15) is 25.3 Å². The topological polar surface area (TPSA) is 226 Å². The minimum absolute atomic E-state index is 0.0732. The lowest BCUT2D eigenvalue weighted by atomic mass is 10.00. The van der Waals surface area contributed by atoms with Crippen LogP contribution < -0.4 is 0 Å². The molecule has 0 radical (unpaired) electrons. The smallest absolute Gasteiger partial charge is 0.397 e. The van der Waals surface area contributed by atoms with E-state index in [9.17, 15) is 30.0 Å². The fourth-order valence-corrected chi connectivity index (χ4v) is 3.83. The monoisotopic (exact) mass is 508 g/mol. The molecule has 15 nitrogen and oxygen atoms in total. The van der Waals surface area contributed by atoms with Crippen LogP contribution in [0.2, 0.25) is 0 Å². The van der Waals surface area contributed by atoms with Gasteiger partial charge in [0.1, 0.15) is 18.3 Å². The lowest BCUT2D eigenvalue weighted by Crippen LogP contribution is -2.58. The second-order valence-electron chi connectivity index (χ2n) is 5.87. The van der Waals surface area contributed by atoms with E-state index in [1.54, 1.807) is 6.07 Å². The fourth-order valence-electron chi connectivity index (χ4n) is 2.53. The summed E-state index contributed by atoms with van der Waals surface area (Å²) in [4.78, 5) is 12.4. The van der Waals surface area contributed by atoms with Gasteiger partial charge in [0.15, 0.2) is 6.10 Å². The highest BCUT2D eigenvalue weighted by molar-refractivity contribution is 7.81. The number of rotatable bonds is 9. The van der Waals surface area contributed by atoms with Crippen LogP contribution in [-0.4, -0.2) is 82.5 Å². The molecular weight excluding hydrogens is 492 g/mol. The number of carbonyl (C=O) groups excluding carboxylic acids is 1. The Bertz CT molecular complexity index is 1080. The summed E-state index contributed by atoms with van der Waals surface area (Å²) in [7, 11) is -15.5. The Kier molecular flexibility index (Phi) is 8.08. The Labute approximate surface area is 176 Å². The van der Waals surface area contributed by atoms with E-state index in [4.69, 9.17) is 23.1 Å². The number of benzene rings is 1. The normalized spacial score (nSPS) is 25.1. The van der Waals surface area contributed by atoms with Gasteiger partial charge in [-0.1, -0.05) is 18.2 Å². The zero-order valence-corrected chi connectivity index (χ0v) is 17.5. The van der Waals surface area contributed by atoms with E-state index in [0.717, 1.165) is 0 Å². The molecule has 0 aromatic heterocycles. The van der Waals surface area contributed by atoms with Crippen molar-refractivity contribution >= 4 is 37.2 Å². The van der Waals surface area contributed by atoms with Crippen LogP contribution in [0.1, 0.15) is 10.4 Å². The number of hydrogen-bond acceptors (Lipinski definition) is 12. The summed E-state index contributed by atoms with van der Waals surface area (Å²) in [6.07, 6.45) is -7.78. The molecule has 0 bridgehead atoms. The van der Waals surface area contributed by atoms with Gasteiger partial charge in [0.05, 0.1) is 18.8 Å². The molecule has 176 valence electrons. The van der Waals surface area contributed by atoms with Crippen LogP contribution in [0.4, 0.5) is 0 Å². The molecule has 0 spiro atoms. The highest BCUT2D eigenvalue weighted by Gasteiger charge is 2.48. The van der Waals surface area contributed by atoms with Crippen LogP contribution >= 0.6 is 0 Å². The molecule has 2 rings (SSSR count). The van der Waals surface area contributed by atoms with Gasteiger partial charge >= 0.3 is 37.2 Å². The molecule has 0 amide bonds. The fraction of sp³-hybridized carbons (Fsp3) is 0.462. The number of esters is 1. The summed E-state index contributed by atoms with van der Waals surface area (Å²) >= 11 is 0. The molecule has 1 aromatic rings. The molecule has 18 heteroatoms. The molecule has 1 aliphatic heterocycles. The molecule has 31 heavy (non-hydrogen) atoms. The standard InChI is InChI=1S/C13H16O15S3/c14-13(8-4-2-1-3-5-8)26-11-10(27-30(18,19)20)6-24-9(7-25-29(15,16)17)12(11)28-31(21,22)23/h1-5,9-12H,6-7H2,(H,15,16,17)(H,18,19,20)(H,21,22,23)/t9-,10+,11-,12-/m1/s1. The van der Waals surface area contributed by atoms with Crippen molar-refractivity contribution in [2.45, 2.75) is 24.4 Å². The van der Waals surface area contributed by atoms with Crippen LogP contribution in [0.3, 0.4) is 0 Å². The van der Waals surface area contributed by atoms with E-state index >= 15 is 0 Å². The third-order valence-electron chi connectivity index (χ3n) is 3.64. The molecular formula is C13H16O15S3. The summed E-state index contributed by atoms with van der Waals surface area (Å²) in [6.45, 7) is -1.91. The first-order chi connectivity index (χ1) is 14.1. The van der Waals surface area contributed by atoms with Gasteiger partial charge in [0, 0.05) is 0 Å². The predicted molar refractivity (Wildman–Crippen MR) is 95.7 cm³/mol. The van der Waals surface area contributed by atoms with Crippen molar-refractivity contribution in [1.82, 2.24) is 0 Å².